The average Bonchev–Trinajstić information content (AvgIpc) is 3.07. The number of aryl methyl sites for hydroxylation is 1. The van der Waals surface area contributed by atoms with Gasteiger partial charge in [-0.3, -0.25) is 0 Å². The summed E-state index contributed by atoms with van der Waals surface area (Å²) in [7, 11) is 1.36. The number of methoxy groups -OCH3 is 1. The Morgan fingerprint density at radius 2 is 2.27 bits per heavy atom. The second kappa shape index (κ2) is 5.37. The lowest BCUT2D eigenvalue weighted by Crippen LogP contribution is -2.29. The summed E-state index contributed by atoms with van der Waals surface area (Å²) in [6.07, 6.45) is 5.44. The lowest BCUT2D eigenvalue weighted by molar-refractivity contribution is 0.0588. The molecule has 116 valence electrons. The van der Waals surface area contributed by atoms with Crippen molar-refractivity contribution in [3.63, 3.8) is 0 Å². The number of aromatic nitrogens is 3. The van der Waals surface area contributed by atoms with Crippen LogP contribution < -0.4 is 5.73 Å². The summed E-state index contributed by atoms with van der Waals surface area (Å²) in [4.78, 5) is 20.2. The van der Waals surface area contributed by atoms with Crippen molar-refractivity contribution < 1.29 is 9.53 Å². The Morgan fingerprint density at radius 1 is 1.55 bits per heavy atom. The number of nitrogens with zero attached hydrogens (tertiary/aromatic N) is 3. The van der Waals surface area contributed by atoms with Gasteiger partial charge >= 0.3 is 5.97 Å². The van der Waals surface area contributed by atoms with Gasteiger partial charge in [-0.15, -0.1) is 0 Å². The molecule has 1 fully saturated rings. The van der Waals surface area contributed by atoms with E-state index in [1.807, 2.05) is 17.7 Å². The molecule has 0 atom stereocenters. The molecule has 2 heterocycles. The number of hydrogen-bond acceptors (Lipinski definition) is 5. The van der Waals surface area contributed by atoms with Crippen LogP contribution in [0, 0.1) is 6.92 Å². The van der Waals surface area contributed by atoms with Crippen molar-refractivity contribution in [2.75, 3.05) is 7.11 Å². The van der Waals surface area contributed by atoms with E-state index in [0.29, 0.717) is 17.9 Å². The minimum atomic E-state index is -0.395. The molecule has 0 amide bonds. The summed E-state index contributed by atoms with van der Waals surface area (Å²) in [5, 5.41) is 0.172. The minimum absolute atomic E-state index is 0.172. The molecule has 0 aromatic carbocycles. The molecule has 0 aliphatic heterocycles. The molecule has 0 radical (unpaired) electrons. The van der Waals surface area contributed by atoms with Crippen LogP contribution in [0.3, 0.4) is 0 Å². The summed E-state index contributed by atoms with van der Waals surface area (Å²) in [5.41, 5.74) is 8.79. The van der Waals surface area contributed by atoms with E-state index >= 15 is 0 Å². The fourth-order valence-corrected chi connectivity index (χ4v) is 2.55. The van der Waals surface area contributed by atoms with Crippen LogP contribution in [0.2, 0.25) is 5.28 Å². The van der Waals surface area contributed by atoms with E-state index in [4.69, 9.17) is 22.1 Å². The molecular weight excluding hydrogens is 304 g/mol. The Labute approximate surface area is 133 Å². The molecule has 2 N–H and O–H groups in total. The lowest BCUT2D eigenvalue weighted by Gasteiger charge is -2.12. The molecule has 22 heavy (non-hydrogen) atoms. The standard InChI is InChI=1S/C15H17ClN4O2/c1-9-6-18-14(16)19-12(9)10-5-11(13(21)22-2)20(7-10)8-15(17)3-4-15/h5-7H,3-4,8,17H2,1-2H3. The molecule has 3 rings (SSSR count). The maximum atomic E-state index is 12.0. The Hall–Kier alpha value is -1.92. The predicted molar refractivity (Wildman–Crippen MR) is 82.7 cm³/mol. The fourth-order valence-electron chi connectivity index (χ4n) is 2.42. The number of esters is 1. The van der Waals surface area contributed by atoms with Gasteiger partial charge in [-0.2, -0.15) is 0 Å². The first-order valence-corrected chi connectivity index (χ1v) is 7.36. The second-order valence-corrected chi connectivity index (χ2v) is 6.10. The van der Waals surface area contributed by atoms with Crippen LogP contribution in [0.1, 0.15) is 28.9 Å². The van der Waals surface area contributed by atoms with Gasteiger partial charge in [0.15, 0.2) is 0 Å². The van der Waals surface area contributed by atoms with E-state index in [9.17, 15) is 4.79 Å². The molecule has 7 heteroatoms. The van der Waals surface area contributed by atoms with Gasteiger partial charge < -0.3 is 15.0 Å². The zero-order chi connectivity index (χ0) is 15.9. The summed E-state index contributed by atoms with van der Waals surface area (Å²) >= 11 is 5.88. The largest absolute Gasteiger partial charge is 0.464 e. The molecule has 0 saturated heterocycles. The molecular formula is C15H17ClN4O2. The molecule has 0 spiro atoms. The van der Waals surface area contributed by atoms with Crippen molar-refractivity contribution in [1.82, 2.24) is 14.5 Å². The normalized spacial score (nSPS) is 15.6. The lowest BCUT2D eigenvalue weighted by atomic mass is 10.1. The Balaban J connectivity index is 2.05. The highest BCUT2D eigenvalue weighted by Gasteiger charge is 2.39. The number of rotatable bonds is 4. The van der Waals surface area contributed by atoms with Gasteiger partial charge in [0.25, 0.3) is 0 Å². The SMILES string of the molecule is COC(=O)c1cc(-c2nc(Cl)ncc2C)cn1CC1(N)CC1. The third kappa shape index (κ3) is 2.84. The van der Waals surface area contributed by atoms with E-state index in [2.05, 4.69) is 9.97 Å². The summed E-state index contributed by atoms with van der Waals surface area (Å²) in [6, 6.07) is 1.75. The molecule has 6 nitrogen and oxygen atoms in total. The number of carbonyl (C=O) groups is 1. The molecule has 1 aliphatic rings. The second-order valence-electron chi connectivity index (χ2n) is 5.77. The Bertz CT molecular complexity index is 737. The monoisotopic (exact) mass is 320 g/mol. The quantitative estimate of drug-likeness (QED) is 0.689. The van der Waals surface area contributed by atoms with Crippen molar-refractivity contribution in [1.29, 1.82) is 0 Å². The van der Waals surface area contributed by atoms with Gasteiger partial charge in [-0.05, 0) is 43.0 Å². The third-order valence-electron chi connectivity index (χ3n) is 3.88. The molecule has 2 aromatic heterocycles. The van der Waals surface area contributed by atoms with Crippen LogP contribution in [0.5, 0.6) is 0 Å². The van der Waals surface area contributed by atoms with Crippen LogP contribution in [0.15, 0.2) is 18.5 Å². The van der Waals surface area contributed by atoms with Gasteiger partial charge in [0.2, 0.25) is 5.28 Å². The number of hydrogen-bond donors (Lipinski definition) is 1. The van der Waals surface area contributed by atoms with Crippen LogP contribution in [-0.4, -0.2) is 33.2 Å². The first-order valence-electron chi connectivity index (χ1n) is 6.99. The Morgan fingerprint density at radius 3 is 2.91 bits per heavy atom. The summed E-state index contributed by atoms with van der Waals surface area (Å²) < 4.78 is 6.69. The predicted octanol–water partition coefficient (Wildman–Crippen LogP) is 2.18. The molecule has 2 aromatic rings. The van der Waals surface area contributed by atoms with Gasteiger partial charge in [0.05, 0.1) is 12.8 Å². The minimum Gasteiger partial charge on any atom is -0.464 e. The smallest absolute Gasteiger partial charge is 0.354 e. The number of carbonyl (C=O) groups excluding carboxylic acids is 1. The first kappa shape index (κ1) is 15.0. The maximum absolute atomic E-state index is 12.0. The van der Waals surface area contributed by atoms with Crippen LogP contribution in [0.25, 0.3) is 11.3 Å². The van der Waals surface area contributed by atoms with Gasteiger partial charge in [0, 0.05) is 30.0 Å². The van der Waals surface area contributed by atoms with Gasteiger partial charge in [-0.25, -0.2) is 14.8 Å². The number of nitrogens with two attached hydrogens (primary N) is 1. The van der Waals surface area contributed by atoms with Gasteiger partial charge in [0.1, 0.15) is 5.69 Å². The van der Waals surface area contributed by atoms with E-state index in [1.54, 1.807) is 12.3 Å². The van der Waals surface area contributed by atoms with E-state index in [-0.39, 0.29) is 10.8 Å². The van der Waals surface area contributed by atoms with E-state index < -0.39 is 5.97 Å². The van der Waals surface area contributed by atoms with Crippen molar-refractivity contribution in [2.45, 2.75) is 31.8 Å². The van der Waals surface area contributed by atoms with Crippen molar-refractivity contribution in [3.05, 3.63) is 35.0 Å². The highest BCUT2D eigenvalue weighted by atomic mass is 35.5. The molecule has 1 saturated carbocycles. The van der Waals surface area contributed by atoms with E-state index in [1.165, 1.54) is 7.11 Å². The molecule has 0 bridgehead atoms. The Kier molecular flexibility index (Phi) is 3.66. The summed E-state index contributed by atoms with van der Waals surface area (Å²) in [6.45, 7) is 2.47. The molecule has 1 aliphatic carbocycles. The average molecular weight is 321 g/mol. The highest BCUT2D eigenvalue weighted by molar-refractivity contribution is 6.28. The first-order chi connectivity index (χ1) is 10.4. The van der Waals surface area contributed by atoms with Crippen LogP contribution >= 0.6 is 11.6 Å². The topological polar surface area (TPSA) is 83.0 Å². The number of halogens is 1. The van der Waals surface area contributed by atoms with Crippen molar-refractivity contribution in [2.24, 2.45) is 5.73 Å². The third-order valence-corrected chi connectivity index (χ3v) is 4.07. The maximum Gasteiger partial charge on any atom is 0.354 e. The van der Waals surface area contributed by atoms with Crippen molar-refractivity contribution >= 4 is 17.6 Å². The van der Waals surface area contributed by atoms with Crippen LogP contribution in [-0.2, 0) is 11.3 Å². The van der Waals surface area contributed by atoms with Gasteiger partial charge in [-0.1, -0.05) is 0 Å². The summed E-state index contributed by atoms with van der Waals surface area (Å²) in [5.74, 6) is -0.395. The zero-order valence-corrected chi connectivity index (χ0v) is 13.2. The van der Waals surface area contributed by atoms with E-state index in [0.717, 1.165) is 24.0 Å². The van der Waals surface area contributed by atoms with Crippen molar-refractivity contribution in [3.8, 4) is 11.3 Å². The molecule has 0 unspecified atom stereocenters. The highest BCUT2D eigenvalue weighted by Crippen LogP contribution is 2.35. The van der Waals surface area contributed by atoms with Crippen LogP contribution in [0.4, 0.5) is 0 Å². The number of ether oxygens (including phenoxy) is 1. The fraction of sp³-hybridized carbons (Fsp3) is 0.400. The zero-order valence-electron chi connectivity index (χ0n) is 12.5.